The van der Waals surface area contributed by atoms with Crippen LogP contribution in [0.15, 0.2) is 200 Å². The lowest BCUT2D eigenvalue weighted by Crippen LogP contribution is -2.28. The van der Waals surface area contributed by atoms with Crippen LogP contribution in [-0.2, 0) is 5.41 Å². The Morgan fingerprint density at radius 1 is 0.373 bits per heavy atom. The largest absolute Gasteiger partial charge is 0.310 e. The van der Waals surface area contributed by atoms with Gasteiger partial charge in [-0.3, -0.25) is 0 Å². The Bertz CT molecular complexity index is 2600. The summed E-state index contributed by atoms with van der Waals surface area (Å²) in [7, 11) is 0. The number of fused-ring (bicyclic) bond motifs is 6. The highest BCUT2D eigenvalue weighted by molar-refractivity contribution is 7.26. The SMILES string of the molecule is c1ccc(N(c2ccccc2)c2ccc3sc4c(-c5ccc6c(c5)C(c5ccccc5)(c5ccccc5)c5ccccc5-6)cccc4c3c2)cc1. The predicted molar refractivity (Wildman–Crippen MR) is 217 cm³/mol. The molecule has 0 saturated carbocycles. The third kappa shape index (κ3) is 4.61. The van der Waals surface area contributed by atoms with Crippen LogP contribution in [0.1, 0.15) is 22.3 Å². The van der Waals surface area contributed by atoms with Gasteiger partial charge in [-0.15, -0.1) is 11.3 Å². The molecule has 0 atom stereocenters. The molecule has 0 spiro atoms. The second-order valence-corrected chi connectivity index (χ2v) is 14.3. The van der Waals surface area contributed by atoms with E-state index in [0.29, 0.717) is 0 Å². The Morgan fingerprint density at radius 2 is 0.941 bits per heavy atom. The molecule has 51 heavy (non-hydrogen) atoms. The van der Waals surface area contributed by atoms with E-state index in [1.54, 1.807) is 0 Å². The number of nitrogens with zero attached hydrogens (tertiary/aromatic N) is 1. The average molecular weight is 668 g/mol. The molecule has 0 fully saturated rings. The van der Waals surface area contributed by atoms with Gasteiger partial charge in [0.15, 0.2) is 0 Å². The first kappa shape index (κ1) is 29.7. The van der Waals surface area contributed by atoms with E-state index in [0.717, 1.165) is 17.1 Å². The second-order valence-electron chi connectivity index (χ2n) is 13.3. The van der Waals surface area contributed by atoms with Gasteiger partial charge in [-0.2, -0.15) is 0 Å². The van der Waals surface area contributed by atoms with Gasteiger partial charge < -0.3 is 4.90 Å². The fourth-order valence-corrected chi connectivity index (χ4v) is 9.58. The summed E-state index contributed by atoms with van der Waals surface area (Å²) in [6, 6.07) is 73.3. The van der Waals surface area contributed by atoms with E-state index in [-0.39, 0.29) is 0 Å². The minimum Gasteiger partial charge on any atom is -0.310 e. The van der Waals surface area contributed by atoms with Crippen molar-refractivity contribution >= 4 is 48.6 Å². The number of benzene rings is 8. The van der Waals surface area contributed by atoms with Crippen molar-refractivity contribution in [1.29, 1.82) is 0 Å². The minimum atomic E-state index is -0.425. The molecule has 1 heterocycles. The van der Waals surface area contributed by atoms with E-state index >= 15 is 0 Å². The van der Waals surface area contributed by atoms with Crippen LogP contribution in [0.25, 0.3) is 42.4 Å². The van der Waals surface area contributed by atoms with E-state index in [2.05, 4.69) is 205 Å². The summed E-state index contributed by atoms with van der Waals surface area (Å²) in [5, 5.41) is 2.57. The van der Waals surface area contributed by atoms with Gasteiger partial charge in [0.25, 0.3) is 0 Å². The Kier molecular flexibility index (Phi) is 6.97. The maximum Gasteiger partial charge on any atom is 0.0713 e. The molecule has 8 aromatic carbocycles. The molecular formula is C49H33NS. The average Bonchev–Trinajstić information content (AvgIpc) is 3.73. The summed E-state index contributed by atoms with van der Waals surface area (Å²) >= 11 is 1.89. The van der Waals surface area contributed by atoms with Crippen molar-refractivity contribution in [1.82, 2.24) is 0 Å². The third-order valence-corrected chi connectivity index (χ3v) is 11.8. The van der Waals surface area contributed by atoms with Gasteiger partial charge in [-0.25, -0.2) is 0 Å². The fraction of sp³-hybridized carbons (Fsp3) is 0.0204. The van der Waals surface area contributed by atoms with Gasteiger partial charge in [0.1, 0.15) is 0 Å². The number of hydrogen-bond acceptors (Lipinski definition) is 2. The molecule has 0 saturated heterocycles. The molecule has 9 aromatic rings. The molecule has 10 rings (SSSR count). The number of hydrogen-bond donors (Lipinski definition) is 0. The summed E-state index contributed by atoms with van der Waals surface area (Å²) in [4.78, 5) is 2.34. The molecule has 0 bridgehead atoms. The van der Waals surface area contributed by atoms with Crippen molar-refractivity contribution in [3.63, 3.8) is 0 Å². The molecule has 2 heteroatoms. The topological polar surface area (TPSA) is 3.24 Å². The lowest BCUT2D eigenvalue weighted by molar-refractivity contribution is 0.769. The molecule has 1 aromatic heterocycles. The van der Waals surface area contributed by atoms with E-state index in [1.165, 1.54) is 64.7 Å². The zero-order chi connectivity index (χ0) is 33.8. The maximum absolute atomic E-state index is 2.48. The fourth-order valence-electron chi connectivity index (χ4n) is 8.37. The van der Waals surface area contributed by atoms with Crippen LogP contribution in [0.5, 0.6) is 0 Å². The highest BCUT2D eigenvalue weighted by atomic mass is 32.1. The van der Waals surface area contributed by atoms with Crippen LogP contribution in [0.4, 0.5) is 17.1 Å². The minimum absolute atomic E-state index is 0.425. The Morgan fingerprint density at radius 3 is 1.61 bits per heavy atom. The van der Waals surface area contributed by atoms with Gasteiger partial charge in [-0.1, -0.05) is 152 Å². The van der Waals surface area contributed by atoms with Gasteiger partial charge >= 0.3 is 0 Å². The third-order valence-electron chi connectivity index (χ3n) is 10.5. The van der Waals surface area contributed by atoms with Crippen molar-refractivity contribution < 1.29 is 0 Å². The van der Waals surface area contributed by atoms with E-state index in [4.69, 9.17) is 0 Å². The number of anilines is 3. The smallest absolute Gasteiger partial charge is 0.0713 e. The van der Waals surface area contributed by atoms with Crippen molar-refractivity contribution in [2.24, 2.45) is 0 Å². The van der Waals surface area contributed by atoms with Crippen LogP contribution < -0.4 is 4.90 Å². The molecule has 0 amide bonds. The standard InChI is InChI=1S/C49H33NS/c1-5-16-35(17-6-1)49(36-18-7-2-8-19-36)45-27-14-13-24-41(45)42-30-28-34(32-46(42)49)40-25-15-26-43-44-33-39(29-31-47(44)51-48(40)43)50(37-20-9-3-10-21-37)38-22-11-4-12-23-38/h1-33H. The van der Waals surface area contributed by atoms with E-state index in [9.17, 15) is 0 Å². The molecule has 1 nitrogen and oxygen atoms in total. The normalized spacial score (nSPS) is 12.9. The zero-order valence-electron chi connectivity index (χ0n) is 27.9. The maximum atomic E-state index is 2.48. The molecule has 0 N–H and O–H groups in total. The number of para-hydroxylation sites is 2. The monoisotopic (exact) mass is 667 g/mol. The lowest BCUT2D eigenvalue weighted by atomic mass is 9.67. The van der Waals surface area contributed by atoms with E-state index in [1.807, 2.05) is 11.3 Å². The quantitative estimate of drug-likeness (QED) is 0.171. The summed E-state index contributed by atoms with van der Waals surface area (Å²) in [5.74, 6) is 0. The lowest BCUT2D eigenvalue weighted by Gasteiger charge is -2.34. The molecule has 0 unspecified atom stereocenters. The first-order valence-electron chi connectivity index (χ1n) is 17.5. The Hall–Kier alpha value is -6.22. The Balaban J connectivity index is 1.17. The molecule has 0 radical (unpaired) electrons. The second kappa shape index (κ2) is 12.0. The van der Waals surface area contributed by atoms with Crippen LogP contribution in [0.2, 0.25) is 0 Å². The van der Waals surface area contributed by atoms with Crippen LogP contribution in [0, 0.1) is 0 Å². The van der Waals surface area contributed by atoms with Crippen molar-refractivity contribution in [2.75, 3.05) is 4.90 Å². The molecular weight excluding hydrogens is 635 g/mol. The van der Waals surface area contributed by atoms with Crippen molar-refractivity contribution in [2.45, 2.75) is 5.41 Å². The van der Waals surface area contributed by atoms with Crippen LogP contribution >= 0.6 is 11.3 Å². The van der Waals surface area contributed by atoms with Gasteiger partial charge in [0, 0.05) is 37.2 Å². The summed E-state index contributed by atoms with van der Waals surface area (Å²) < 4.78 is 2.61. The number of thiophene rings is 1. The molecule has 240 valence electrons. The molecule has 0 aliphatic heterocycles. The summed E-state index contributed by atoms with van der Waals surface area (Å²) in [6.45, 7) is 0. The van der Waals surface area contributed by atoms with Crippen LogP contribution in [-0.4, -0.2) is 0 Å². The number of rotatable bonds is 6. The van der Waals surface area contributed by atoms with E-state index < -0.39 is 5.41 Å². The Labute approximate surface area is 302 Å². The highest BCUT2D eigenvalue weighted by Gasteiger charge is 2.46. The van der Waals surface area contributed by atoms with Gasteiger partial charge in [-0.05, 0) is 93.0 Å². The molecule has 1 aliphatic rings. The first-order chi connectivity index (χ1) is 25.3. The van der Waals surface area contributed by atoms with Gasteiger partial charge in [0.05, 0.1) is 5.41 Å². The van der Waals surface area contributed by atoms with Gasteiger partial charge in [0.2, 0.25) is 0 Å². The van der Waals surface area contributed by atoms with Crippen molar-refractivity contribution in [3.05, 3.63) is 222 Å². The highest BCUT2D eigenvalue weighted by Crippen LogP contribution is 2.57. The first-order valence-corrected chi connectivity index (χ1v) is 18.3. The van der Waals surface area contributed by atoms with Crippen LogP contribution in [0.3, 0.4) is 0 Å². The summed E-state index contributed by atoms with van der Waals surface area (Å²) in [6.07, 6.45) is 0. The van der Waals surface area contributed by atoms with Crippen molar-refractivity contribution in [3.8, 4) is 22.3 Å². The zero-order valence-corrected chi connectivity index (χ0v) is 28.7. The molecule has 1 aliphatic carbocycles. The predicted octanol–water partition coefficient (Wildman–Crippen LogP) is 13.6. The summed E-state index contributed by atoms with van der Waals surface area (Å²) in [5.41, 5.74) is 13.4.